The molecule has 0 spiro atoms. The number of anilines is 1. The molecule has 1 aliphatic carbocycles. The zero-order chi connectivity index (χ0) is 11.5. The van der Waals surface area contributed by atoms with E-state index in [1.807, 2.05) is 10.9 Å². The third kappa shape index (κ3) is 2.53. The molecule has 1 aromatic heterocycles. The van der Waals surface area contributed by atoms with E-state index in [0.717, 1.165) is 32.2 Å². The molecule has 0 radical (unpaired) electrons. The van der Waals surface area contributed by atoms with Crippen molar-refractivity contribution in [3.63, 3.8) is 0 Å². The minimum Gasteiger partial charge on any atom is -0.481 e. The number of nitrogens with zero attached hydrogens (tertiary/aromatic N) is 2. The first-order valence-corrected chi connectivity index (χ1v) is 5.67. The van der Waals surface area contributed by atoms with Crippen molar-refractivity contribution in [3.8, 4) is 0 Å². The van der Waals surface area contributed by atoms with Gasteiger partial charge < -0.3 is 10.8 Å². The highest BCUT2D eigenvalue weighted by Gasteiger charge is 2.25. The van der Waals surface area contributed by atoms with Crippen LogP contribution in [0.1, 0.15) is 25.7 Å². The third-order valence-corrected chi connectivity index (χ3v) is 3.30. The first kappa shape index (κ1) is 11.0. The van der Waals surface area contributed by atoms with Crippen molar-refractivity contribution in [1.29, 1.82) is 0 Å². The highest BCUT2D eigenvalue weighted by molar-refractivity contribution is 5.69. The van der Waals surface area contributed by atoms with Crippen LogP contribution >= 0.6 is 0 Å². The monoisotopic (exact) mass is 223 g/mol. The van der Waals surface area contributed by atoms with E-state index >= 15 is 0 Å². The minimum atomic E-state index is -0.651. The van der Waals surface area contributed by atoms with E-state index in [1.165, 1.54) is 0 Å². The predicted octanol–water partition coefficient (Wildman–Crippen LogP) is 1.36. The van der Waals surface area contributed by atoms with Crippen molar-refractivity contribution < 1.29 is 9.90 Å². The minimum absolute atomic E-state index is 0.140. The Labute approximate surface area is 94.2 Å². The van der Waals surface area contributed by atoms with E-state index in [0.29, 0.717) is 11.7 Å². The van der Waals surface area contributed by atoms with E-state index in [9.17, 15) is 4.79 Å². The van der Waals surface area contributed by atoms with Crippen LogP contribution in [0.2, 0.25) is 0 Å². The van der Waals surface area contributed by atoms with Crippen LogP contribution in [0.25, 0.3) is 0 Å². The van der Waals surface area contributed by atoms with Crippen molar-refractivity contribution >= 4 is 11.8 Å². The van der Waals surface area contributed by atoms with Crippen molar-refractivity contribution in [2.75, 3.05) is 5.73 Å². The van der Waals surface area contributed by atoms with Gasteiger partial charge in [-0.3, -0.25) is 9.48 Å². The van der Waals surface area contributed by atoms with Crippen LogP contribution in [0, 0.1) is 11.8 Å². The molecule has 1 aliphatic rings. The number of aromatic nitrogens is 2. The van der Waals surface area contributed by atoms with Gasteiger partial charge in [-0.05, 0) is 37.7 Å². The maximum absolute atomic E-state index is 10.8. The summed E-state index contributed by atoms with van der Waals surface area (Å²) in [6, 6.07) is 1.78. The molecular weight excluding hydrogens is 206 g/mol. The Bertz CT molecular complexity index is 367. The Morgan fingerprint density at radius 1 is 1.50 bits per heavy atom. The van der Waals surface area contributed by atoms with E-state index in [2.05, 4.69) is 5.10 Å². The summed E-state index contributed by atoms with van der Waals surface area (Å²) in [4.78, 5) is 10.8. The van der Waals surface area contributed by atoms with Gasteiger partial charge in [0.15, 0.2) is 0 Å². The van der Waals surface area contributed by atoms with Crippen LogP contribution in [0.15, 0.2) is 12.3 Å². The number of nitrogens with two attached hydrogens (primary N) is 1. The summed E-state index contributed by atoms with van der Waals surface area (Å²) in [6.45, 7) is 0.851. The van der Waals surface area contributed by atoms with Crippen LogP contribution in [0.3, 0.4) is 0 Å². The number of hydrogen-bond donors (Lipinski definition) is 2. The Hall–Kier alpha value is -1.52. The topological polar surface area (TPSA) is 81.1 Å². The molecule has 88 valence electrons. The Kier molecular flexibility index (Phi) is 3.12. The Morgan fingerprint density at radius 3 is 2.69 bits per heavy atom. The summed E-state index contributed by atoms with van der Waals surface area (Å²) in [6.07, 6.45) is 5.39. The molecule has 0 amide bonds. The zero-order valence-electron chi connectivity index (χ0n) is 9.17. The van der Waals surface area contributed by atoms with E-state index in [4.69, 9.17) is 10.8 Å². The lowest BCUT2D eigenvalue weighted by Crippen LogP contribution is -2.23. The van der Waals surface area contributed by atoms with E-state index in [1.54, 1.807) is 6.07 Å². The van der Waals surface area contributed by atoms with Crippen LogP contribution in [0.4, 0.5) is 5.82 Å². The molecule has 3 N–H and O–H groups in total. The van der Waals surface area contributed by atoms with Crippen molar-refractivity contribution in [1.82, 2.24) is 9.78 Å². The van der Waals surface area contributed by atoms with Crippen LogP contribution in [-0.4, -0.2) is 20.9 Å². The van der Waals surface area contributed by atoms with Crippen molar-refractivity contribution in [2.24, 2.45) is 11.8 Å². The summed E-state index contributed by atoms with van der Waals surface area (Å²) in [5.41, 5.74) is 5.54. The standard InChI is InChI=1S/C11H17N3O2/c12-10-5-6-14(13-10)7-8-1-3-9(4-2-8)11(15)16/h5-6,8-9H,1-4,7H2,(H2,12,13)(H,15,16). The molecule has 0 atom stereocenters. The summed E-state index contributed by atoms with van der Waals surface area (Å²) in [7, 11) is 0. The second kappa shape index (κ2) is 4.55. The Balaban J connectivity index is 1.83. The van der Waals surface area contributed by atoms with Gasteiger partial charge in [-0.2, -0.15) is 5.10 Å². The summed E-state index contributed by atoms with van der Waals surface area (Å²) in [5.74, 6) is 0.287. The third-order valence-electron chi connectivity index (χ3n) is 3.30. The Morgan fingerprint density at radius 2 is 2.19 bits per heavy atom. The number of carboxylic acids is 1. The first-order chi connectivity index (χ1) is 7.65. The lowest BCUT2D eigenvalue weighted by molar-refractivity contribution is -0.143. The molecule has 1 heterocycles. The van der Waals surface area contributed by atoms with Gasteiger partial charge in [0.25, 0.3) is 0 Å². The van der Waals surface area contributed by atoms with Gasteiger partial charge in [0.1, 0.15) is 5.82 Å². The lowest BCUT2D eigenvalue weighted by atomic mass is 9.82. The van der Waals surface area contributed by atoms with Crippen LogP contribution in [0.5, 0.6) is 0 Å². The summed E-state index contributed by atoms with van der Waals surface area (Å²) >= 11 is 0. The number of carboxylic acid groups (broad SMARTS) is 1. The average Bonchev–Trinajstić information content (AvgIpc) is 2.65. The van der Waals surface area contributed by atoms with Crippen LogP contribution in [-0.2, 0) is 11.3 Å². The maximum atomic E-state index is 10.8. The SMILES string of the molecule is Nc1ccn(CC2CCC(C(=O)O)CC2)n1. The van der Waals surface area contributed by atoms with Gasteiger partial charge in [0.2, 0.25) is 0 Å². The highest BCUT2D eigenvalue weighted by atomic mass is 16.4. The smallest absolute Gasteiger partial charge is 0.306 e. The number of carbonyl (C=O) groups is 1. The van der Waals surface area contributed by atoms with E-state index in [-0.39, 0.29) is 5.92 Å². The fourth-order valence-electron chi connectivity index (χ4n) is 2.34. The summed E-state index contributed by atoms with van der Waals surface area (Å²) < 4.78 is 1.85. The summed E-state index contributed by atoms with van der Waals surface area (Å²) in [5, 5.41) is 13.0. The molecule has 2 rings (SSSR count). The zero-order valence-corrected chi connectivity index (χ0v) is 9.17. The molecule has 0 saturated heterocycles. The molecule has 16 heavy (non-hydrogen) atoms. The van der Waals surface area contributed by atoms with Crippen LogP contribution < -0.4 is 5.73 Å². The average molecular weight is 223 g/mol. The molecule has 0 bridgehead atoms. The molecule has 5 nitrogen and oxygen atoms in total. The highest BCUT2D eigenvalue weighted by Crippen LogP contribution is 2.29. The molecule has 0 aliphatic heterocycles. The molecule has 1 aromatic rings. The van der Waals surface area contributed by atoms with E-state index < -0.39 is 5.97 Å². The number of aliphatic carboxylic acids is 1. The number of hydrogen-bond acceptors (Lipinski definition) is 3. The second-order valence-electron chi connectivity index (χ2n) is 4.52. The lowest BCUT2D eigenvalue weighted by Gasteiger charge is -2.25. The second-order valence-corrected chi connectivity index (χ2v) is 4.52. The van der Waals surface area contributed by atoms with Gasteiger partial charge in [0.05, 0.1) is 5.92 Å². The van der Waals surface area contributed by atoms with Crippen molar-refractivity contribution in [3.05, 3.63) is 12.3 Å². The molecule has 0 aromatic carbocycles. The molecular formula is C11H17N3O2. The number of nitrogen functional groups attached to an aromatic ring is 1. The van der Waals surface area contributed by atoms with Gasteiger partial charge in [-0.25, -0.2) is 0 Å². The maximum Gasteiger partial charge on any atom is 0.306 e. The quantitative estimate of drug-likeness (QED) is 0.810. The number of rotatable bonds is 3. The van der Waals surface area contributed by atoms with Gasteiger partial charge in [-0.1, -0.05) is 0 Å². The predicted molar refractivity (Wildman–Crippen MR) is 59.7 cm³/mol. The fraction of sp³-hybridized carbons (Fsp3) is 0.636. The van der Waals surface area contributed by atoms with Gasteiger partial charge >= 0.3 is 5.97 Å². The fourth-order valence-corrected chi connectivity index (χ4v) is 2.34. The normalized spacial score (nSPS) is 25.5. The van der Waals surface area contributed by atoms with Gasteiger partial charge in [0, 0.05) is 12.7 Å². The molecule has 0 unspecified atom stereocenters. The van der Waals surface area contributed by atoms with Gasteiger partial charge in [-0.15, -0.1) is 0 Å². The van der Waals surface area contributed by atoms with Crippen molar-refractivity contribution in [2.45, 2.75) is 32.2 Å². The first-order valence-electron chi connectivity index (χ1n) is 5.67. The largest absolute Gasteiger partial charge is 0.481 e. The molecule has 5 heteroatoms. The molecule has 1 fully saturated rings. The molecule has 1 saturated carbocycles.